The number of rotatable bonds is 10. The third-order valence-corrected chi connectivity index (χ3v) is 4.02. The van der Waals surface area contributed by atoms with Crippen molar-refractivity contribution < 1.29 is 23.7 Å². The summed E-state index contributed by atoms with van der Waals surface area (Å²) in [5, 5.41) is 4.29. The van der Waals surface area contributed by atoms with E-state index in [9.17, 15) is 4.79 Å². The zero-order valence-electron chi connectivity index (χ0n) is 17.0. The molecule has 2 aromatic carbocycles. The van der Waals surface area contributed by atoms with Gasteiger partial charge in [-0.15, -0.1) is 6.42 Å². The smallest absolute Gasteiger partial charge is 0.271 e. The van der Waals surface area contributed by atoms with E-state index in [1.807, 2.05) is 13.8 Å². The van der Waals surface area contributed by atoms with Crippen LogP contribution < -0.4 is 24.4 Å². The van der Waals surface area contributed by atoms with E-state index >= 15 is 0 Å². The molecular weight excluding hydrogens is 408 g/mol. The van der Waals surface area contributed by atoms with Gasteiger partial charge in [0, 0.05) is 5.56 Å². The van der Waals surface area contributed by atoms with Gasteiger partial charge in [0.2, 0.25) is 0 Å². The maximum absolute atomic E-state index is 12.4. The zero-order valence-corrected chi connectivity index (χ0v) is 17.8. The van der Waals surface area contributed by atoms with Crippen LogP contribution in [-0.4, -0.2) is 39.1 Å². The van der Waals surface area contributed by atoms with E-state index in [0.717, 1.165) is 0 Å². The van der Waals surface area contributed by atoms with Crippen LogP contribution >= 0.6 is 11.6 Å². The summed E-state index contributed by atoms with van der Waals surface area (Å²) in [6.45, 7) is 4.74. The average molecular weight is 431 g/mol. The van der Waals surface area contributed by atoms with Gasteiger partial charge >= 0.3 is 0 Å². The predicted molar refractivity (Wildman–Crippen MR) is 116 cm³/mol. The molecule has 0 bridgehead atoms. The molecule has 0 saturated carbocycles. The number of hydrazone groups is 1. The molecule has 0 radical (unpaired) electrons. The molecule has 0 spiro atoms. The predicted octanol–water partition coefficient (Wildman–Crippen LogP) is 3.92. The molecule has 8 heteroatoms. The fourth-order valence-electron chi connectivity index (χ4n) is 2.49. The monoisotopic (exact) mass is 430 g/mol. The quantitative estimate of drug-likeness (QED) is 0.351. The van der Waals surface area contributed by atoms with E-state index in [4.69, 9.17) is 37.0 Å². The number of methoxy groups -OCH3 is 1. The van der Waals surface area contributed by atoms with Gasteiger partial charge in [0.05, 0.1) is 31.6 Å². The molecule has 158 valence electrons. The molecular formula is C22H23ClN2O5. The summed E-state index contributed by atoms with van der Waals surface area (Å²) in [6, 6.07) is 8.21. The third kappa shape index (κ3) is 6.06. The number of hydrogen-bond donors (Lipinski definition) is 1. The number of nitrogens with zero attached hydrogens (tertiary/aromatic N) is 1. The minimum absolute atomic E-state index is 0.0609. The summed E-state index contributed by atoms with van der Waals surface area (Å²) in [5.41, 5.74) is 3.45. The summed E-state index contributed by atoms with van der Waals surface area (Å²) in [6.07, 6.45) is 6.64. The maximum Gasteiger partial charge on any atom is 0.271 e. The molecule has 30 heavy (non-hydrogen) atoms. The SMILES string of the molecule is C#CCOc1c(Cl)cc(/C=N/NC(=O)c2ccc(OCC)c(OCC)c2)cc1OC. The molecule has 0 aliphatic heterocycles. The average Bonchev–Trinajstić information content (AvgIpc) is 2.74. The van der Waals surface area contributed by atoms with Crippen LogP contribution in [0.3, 0.4) is 0 Å². The van der Waals surface area contributed by atoms with Crippen LogP contribution in [0.1, 0.15) is 29.8 Å². The maximum atomic E-state index is 12.4. The number of halogens is 1. The van der Waals surface area contributed by atoms with Crippen molar-refractivity contribution in [1.82, 2.24) is 5.43 Å². The standard InChI is InChI=1S/C22H23ClN2O5/c1-5-10-30-21-17(23)11-15(12-20(21)27-4)14-24-25-22(26)16-8-9-18(28-6-2)19(13-16)29-7-3/h1,8-9,11-14H,6-7,10H2,2-4H3,(H,25,26)/b24-14+. The van der Waals surface area contributed by atoms with Crippen LogP contribution in [0.5, 0.6) is 23.0 Å². The molecule has 1 N–H and O–H groups in total. The Bertz CT molecular complexity index is 953. The first-order chi connectivity index (χ1) is 14.5. The van der Waals surface area contributed by atoms with Crippen LogP contribution in [0.4, 0.5) is 0 Å². The lowest BCUT2D eigenvalue weighted by Crippen LogP contribution is -2.17. The summed E-state index contributed by atoms with van der Waals surface area (Å²) >= 11 is 6.23. The summed E-state index contributed by atoms with van der Waals surface area (Å²) in [4.78, 5) is 12.4. The van der Waals surface area contributed by atoms with Crippen molar-refractivity contribution in [3.8, 4) is 35.3 Å². The first kappa shape index (κ1) is 22.9. The Labute approximate surface area is 180 Å². The molecule has 0 aromatic heterocycles. The topological polar surface area (TPSA) is 78.4 Å². The van der Waals surface area contributed by atoms with E-state index < -0.39 is 5.91 Å². The number of hydrogen-bond acceptors (Lipinski definition) is 6. The number of nitrogens with one attached hydrogen (secondary N) is 1. The van der Waals surface area contributed by atoms with Crippen molar-refractivity contribution in [3.05, 3.63) is 46.5 Å². The molecule has 7 nitrogen and oxygen atoms in total. The van der Waals surface area contributed by atoms with E-state index in [1.165, 1.54) is 13.3 Å². The largest absolute Gasteiger partial charge is 0.493 e. The van der Waals surface area contributed by atoms with Gasteiger partial charge in [-0.1, -0.05) is 17.5 Å². The van der Waals surface area contributed by atoms with Gasteiger partial charge in [-0.05, 0) is 49.7 Å². The summed E-state index contributed by atoms with van der Waals surface area (Å²) in [7, 11) is 1.49. The lowest BCUT2D eigenvalue weighted by atomic mass is 10.2. The molecule has 2 rings (SSSR count). The van der Waals surface area contributed by atoms with Crippen molar-refractivity contribution in [1.29, 1.82) is 0 Å². The highest BCUT2D eigenvalue weighted by atomic mass is 35.5. The molecule has 1 amide bonds. The van der Waals surface area contributed by atoms with Crippen LogP contribution in [0.15, 0.2) is 35.4 Å². The number of benzene rings is 2. The molecule has 0 aliphatic carbocycles. The number of ether oxygens (including phenoxy) is 4. The lowest BCUT2D eigenvalue weighted by Gasteiger charge is -2.12. The number of amides is 1. The number of terminal acetylenes is 1. The lowest BCUT2D eigenvalue weighted by molar-refractivity contribution is 0.0954. The minimum atomic E-state index is -0.401. The normalized spacial score (nSPS) is 10.4. The van der Waals surface area contributed by atoms with Crippen LogP contribution in [-0.2, 0) is 0 Å². The number of carbonyl (C=O) groups is 1. The summed E-state index contributed by atoms with van der Waals surface area (Å²) < 4.78 is 21.7. The van der Waals surface area contributed by atoms with Crippen molar-refractivity contribution >= 4 is 23.7 Å². The second kappa shape index (κ2) is 11.6. The van der Waals surface area contributed by atoms with Gasteiger partial charge in [0.25, 0.3) is 5.91 Å². The van der Waals surface area contributed by atoms with Gasteiger partial charge in [0.15, 0.2) is 23.0 Å². The zero-order chi connectivity index (χ0) is 21.9. The molecule has 0 atom stereocenters. The highest BCUT2D eigenvalue weighted by Gasteiger charge is 2.13. The van der Waals surface area contributed by atoms with E-state index in [-0.39, 0.29) is 6.61 Å². The van der Waals surface area contributed by atoms with E-state index in [2.05, 4.69) is 16.4 Å². The highest BCUT2D eigenvalue weighted by Crippen LogP contribution is 2.36. The van der Waals surface area contributed by atoms with Gasteiger partial charge in [0.1, 0.15) is 6.61 Å². The minimum Gasteiger partial charge on any atom is -0.493 e. The fraction of sp³-hybridized carbons (Fsp3) is 0.273. The molecule has 0 heterocycles. The molecule has 0 fully saturated rings. The summed E-state index contributed by atoms with van der Waals surface area (Å²) in [5.74, 6) is 3.78. The van der Waals surface area contributed by atoms with Gasteiger partial charge in [-0.3, -0.25) is 4.79 Å². The molecule has 2 aromatic rings. The van der Waals surface area contributed by atoms with Gasteiger partial charge < -0.3 is 18.9 Å². The molecule has 0 aliphatic rings. The second-order valence-electron chi connectivity index (χ2n) is 5.75. The Morgan fingerprint density at radius 3 is 2.53 bits per heavy atom. The molecule has 0 saturated heterocycles. The third-order valence-electron chi connectivity index (χ3n) is 3.74. The van der Waals surface area contributed by atoms with Crippen LogP contribution in [0.2, 0.25) is 5.02 Å². The second-order valence-corrected chi connectivity index (χ2v) is 6.16. The highest BCUT2D eigenvalue weighted by molar-refractivity contribution is 6.32. The Balaban J connectivity index is 2.13. The Kier molecular flexibility index (Phi) is 8.85. The van der Waals surface area contributed by atoms with Crippen molar-refractivity contribution in [3.63, 3.8) is 0 Å². The Hall–Kier alpha value is -3.37. The van der Waals surface area contributed by atoms with E-state index in [1.54, 1.807) is 30.3 Å². The van der Waals surface area contributed by atoms with Gasteiger partial charge in [-0.2, -0.15) is 5.10 Å². The van der Waals surface area contributed by atoms with Gasteiger partial charge in [-0.25, -0.2) is 5.43 Å². The first-order valence-corrected chi connectivity index (χ1v) is 9.58. The Morgan fingerprint density at radius 2 is 1.87 bits per heavy atom. The Morgan fingerprint density at radius 1 is 1.13 bits per heavy atom. The first-order valence-electron chi connectivity index (χ1n) is 9.20. The van der Waals surface area contributed by atoms with Crippen molar-refractivity contribution in [2.24, 2.45) is 5.10 Å². The molecule has 0 unspecified atom stereocenters. The van der Waals surface area contributed by atoms with E-state index in [0.29, 0.717) is 52.4 Å². The van der Waals surface area contributed by atoms with Crippen molar-refractivity contribution in [2.75, 3.05) is 26.9 Å². The van der Waals surface area contributed by atoms with Crippen LogP contribution in [0, 0.1) is 12.3 Å². The van der Waals surface area contributed by atoms with Crippen LogP contribution in [0.25, 0.3) is 0 Å². The fourth-order valence-corrected chi connectivity index (χ4v) is 2.76. The number of carbonyl (C=O) groups excluding carboxylic acids is 1. The van der Waals surface area contributed by atoms with Crippen molar-refractivity contribution in [2.45, 2.75) is 13.8 Å².